The largest absolute Gasteiger partial charge is 0.323 e. The van der Waals surface area contributed by atoms with E-state index in [1.54, 1.807) is 37.3 Å². The van der Waals surface area contributed by atoms with Gasteiger partial charge in [-0.1, -0.05) is 12.1 Å². The number of thiazole rings is 1. The molecule has 27 heavy (non-hydrogen) atoms. The first-order valence-corrected chi connectivity index (χ1v) is 9.04. The van der Waals surface area contributed by atoms with Crippen molar-refractivity contribution in [2.75, 3.05) is 5.32 Å². The van der Waals surface area contributed by atoms with Gasteiger partial charge in [0.25, 0.3) is 5.91 Å². The Labute approximate surface area is 157 Å². The molecule has 0 bridgehead atoms. The third kappa shape index (κ3) is 3.65. The van der Waals surface area contributed by atoms with Crippen molar-refractivity contribution in [2.45, 2.75) is 13.3 Å². The van der Waals surface area contributed by atoms with Gasteiger partial charge in [0.15, 0.2) is 0 Å². The van der Waals surface area contributed by atoms with Crippen LogP contribution < -0.4 is 11.0 Å². The molecule has 0 aliphatic heterocycles. The highest BCUT2D eigenvalue weighted by molar-refractivity contribution is 7.14. The smallest absolute Gasteiger partial charge is 0.321 e. The summed E-state index contributed by atoms with van der Waals surface area (Å²) in [5.74, 6) is -0.539. The van der Waals surface area contributed by atoms with Crippen LogP contribution in [0.15, 0.2) is 47.3 Å². The van der Waals surface area contributed by atoms with E-state index in [2.05, 4.69) is 20.3 Å². The number of nitrogens with zero attached hydrogens (tertiary/aromatic N) is 1. The monoisotopic (exact) mass is 382 g/mol. The second-order valence-electron chi connectivity index (χ2n) is 6.12. The number of benzene rings is 2. The summed E-state index contributed by atoms with van der Waals surface area (Å²) < 4.78 is 13.0. The predicted molar refractivity (Wildman–Crippen MR) is 103 cm³/mol. The number of aromatic nitrogens is 3. The molecule has 4 rings (SSSR count). The number of carbonyl (C=O) groups is 1. The number of nitrogens with one attached hydrogen (secondary N) is 3. The highest BCUT2D eigenvalue weighted by Crippen LogP contribution is 2.23. The number of amides is 1. The highest BCUT2D eigenvalue weighted by Gasteiger charge is 2.16. The molecule has 0 unspecified atom stereocenters. The molecule has 0 spiro atoms. The molecule has 136 valence electrons. The van der Waals surface area contributed by atoms with Crippen molar-refractivity contribution in [3.05, 3.63) is 79.9 Å². The van der Waals surface area contributed by atoms with Gasteiger partial charge in [-0.05, 0) is 42.8 Å². The predicted octanol–water partition coefficient (Wildman–Crippen LogP) is 3.60. The average molecular weight is 382 g/mol. The zero-order chi connectivity index (χ0) is 19.0. The lowest BCUT2D eigenvalue weighted by Crippen LogP contribution is -2.11. The van der Waals surface area contributed by atoms with Gasteiger partial charge in [-0.2, -0.15) is 0 Å². The van der Waals surface area contributed by atoms with E-state index in [1.807, 2.05) is 0 Å². The molecule has 0 radical (unpaired) electrons. The molecule has 0 fully saturated rings. The van der Waals surface area contributed by atoms with Crippen molar-refractivity contribution in [3.8, 4) is 0 Å². The molecule has 4 aromatic rings. The first-order valence-electron chi connectivity index (χ1n) is 8.22. The number of rotatable bonds is 4. The Balaban J connectivity index is 1.53. The van der Waals surface area contributed by atoms with Gasteiger partial charge in [-0.3, -0.25) is 4.79 Å². The fourth-order valence-electron chi connectivity index (χ4n) is 2.81. The molecule has 2 aromatic heterocycles. The van der Waals surface area contributed by atoms with Crippen LogP contribution in [0.2, 0.25) is 0 Å². The zero-order valence-electron chi connectivity index (χ0n) is 14.3. The quantitative estimate of drug-likeness (QED) is 0.504. The number of halogens is 1. The van der Waals surface area contributed by atoms with E-state index in [1.165, 1.54) is 23.5 Å². The van der Waals surface area contributed by atoms with E-state index < -0.39 is 0 Å². The highest BCUT2D eigenvalue weighted by atomic mass is 32.1. The molecule has 6 nitrogen and oxygen atoms in total. The Morgan fingerprint density at radius 2 is 1.89 bits per heavy atom. The molecule has 0 aliphatic rings. The minimum atomic E-state index is -0.294. The summed E-state index contributed by atoms with van der Waals surface area (Å²) in [6.07, 6.45) is 0.537. The van der Waals surface area contributed by atoms with Crippen LogP contribution in [0, 0.1) is 12.7 Å². The number of H-pyrrole nitrogens is 2. The maximum Gasteiger partial charge on any atom is 0.323 e. The molecule has 3 N–H and O–H groups in total. The molecule has 1 amide bonds. The maximum atomic E-state index is 13.0. The van der Waals surface area contributed by atoms with Gasteiger partial charge in [-0.25, -0.2) is 14.2 Å². The van der Waals surface area contributed by atoms with Gasteiger partial charge in [0, 0.05) is 12.1 Å². The lowest BCUT2D eigenvalue weighted by Gasteiger charge is -2.04. The van der Waals surface area contributed by atoms with Crippen LogP contribution >= 0.6 is 11.3 Å². The first-order chi connectivity index (χ1) is 13.0. The summed E-state index contributed by atoms with van der Waals surface area (Å²) in [5, 5.41) is 3.62. The number of hydrogen-bond donors (Lipinski definition) is 3. The van der Waals surface area contributed by atoms with Gasteiger partial charge < -0.3 is 15.3 Å². The van der Waals surface area contributed by atoms with Crippen molar-refractivity contribution in [3.63, 3.8) is 0 Å². The lowest BCUT2D eigenvalue weighted by molar-refractivity contribution is 0.103. The fourth-order valence-corrected chi connectivity index (χ4v) is 3.81. The summed E-state index contributed by atoms with van der Waals surface area (Å²) in [7, 11) is 0. The molecular formula is C19H15FN4O2S. The molecule has 0 saturated carbocycles. The van der Waals surface area contributed by atoms with E-state index >= 15 is 0 Å². The molecule has 0 saturated heterocycles. The standard InChI is InChI=1S/C19H15FN4O2S/c1-10-17(27-16(21-10)8-11-2-4-12(20)5-3-11)18(25)22-13-6-7-14-15(9-13)24-19(26)23-14/h2-7,9H,8H2,1H3,(H,22,25)(H2,23,24,26). The summed E-state index contributed by atoms with van der Waals surface area (Å²) in [4.78, 5) is 34.2. The number of aromatic amines is 2. The summed E-state index contributed by atoms with van der Waals surface area (Å²) in [6.45, 7) is 1.78. The SMILES string of the molecule is Cc1nc(Cc2ccc(F)cc2)sc1C(=O)Nc1ccc2[nH]c(=O)[nH]c2c1. The van der Waals surface area contributed by atoms with Crippen LogP contribution in [0.25, 0.3) is 11.0 Å². The van der Waals surface area contributed by atoms with Gasteiger partial charge in [0.05, 0.1) is 21.7 Å². The minimum absolute atomic E-state index is 0.257. The van der Waals surface area contributed by atoms with Crippen molar-refractivity contribution in [1.29, 1.82) is 0 Å². The fraction of sp³-hybridized carbons (Fsp3) is 0.105. The summed E-state index contributed by atoms with van der Waals surface area (Å²) in [6, 6.07) is 11.4. The third-order valence-corrected chi connectivity index (χ3v) is 5.25. The molecule has 0 atom stereocenters. The number of anilines is 1. The first kappa shape index (κ1) is 17.2. The Morgan fingerprint density at radius 3 is 2.67 bits per heavy atom. The summed E-state index contributed by atoms with van der Waals surface area (Å²) in [5.41, 5.74) is 3.15. The maximum absolute atomic E-state index is 13.0. The van der Waals surface area contributed by atoms with Crippen LogP contribution in [0.3, 0.4) is 0 Å². The lowest BCUT2D eigenvalue weighted by atomic mass is 10.1. The molecule has 0 aliphatic carbocycles. The van der Waals surface area contributed by atoms with Crippen LogP contribution in [-0.4, -0.2) is 20.9 Å². The van der Waals surface area contributed by atoms with E-state index in [0.717, 1.165) is 10.6 Å². The second-order valence-corrected chi connectivity index (χ2v) is 7.20. The minimum Gasteiger partial charge on any atom is -0.321 e. The number of aryl methyl sites for hydroxylation is 1. The number of hydrogen-bond acceptors (Lipinski definition) is 4. The van der Waals surface area contributed by atoms with E-state index in [-0.39, 0.29) is 17.4 Å². The van der Waals surface area contributed by atoms with Crippen molar-refractivity contribution < 1.29 is 9.18 Å². The Bertz CT molecular complexity index is 1190. The molecule has 2 heterocycles. The van der Waals surface area contributed by atoms with Crippen LogP contribution in [0.4, 0.5) is 10.1 Å². The third-order valence-electron chi connectivity index (χ3n) is 4.09. The van der Waals surface area contributed by atoms with Gasteiger partial charge in [0.1, 0.15) is 10.7 Å². The van der Waals surface area contributed by atoms with Gasteiger partial charge in [0.2, 0.25) is 0 Å². The van der Waals surface area contributed by atoms with Crippen LogP contribution in [0.5, 0.6) is 0 Å². The van der Waals surface area contributed by atoms with Crippen LogP contribution in [-0.2, 0) is 6.42 Å². The van der Waals surface area contributed by atoms with Gasteiger partial charge in [-0.15, -0.1) is 11.3 Å². The van der Waals surface area contributed by atoms with Crippen molar-refractivity contribution in [1.82, 2.24) is 15.0 Å². The molecular weight excluding hydrogens is 367 g/mol. The number of fused-ring (bicyclic) bond motifs is 1. The molecule has 2 aromatic carbocycles. The number of carbonyl (C=O) groups excluding carboxylic acids is 1. The van der Waals surface area contributed by atoms with Gasteiger partial charge >= 0.3 is 5.69 Å². The van der Waals surface area contributed by atoms with Crippen molar-refractivity contribution in [2.24, 2.45) is 0 Å². The van der Waals surface area contributed by atoms with Crippen LogP contribution in [0.1, 0.15) is 25.9 Å². The normalized spacial score (nSPS) is 11.0. The molecule has 8 heteroatoms. The van der Waals surface area contributed by atoms with E-state index in [9.17, 15) is 14.0 Å². The Hall–Kier alpha value is -3.26. The van der Waals surface area contributed by atoms with E-state index in [0.29, 0.717) is 33.7 Å². The second kappa shape index (κ2) is 6.81. The average Bonchev–Trinajstić information content (AvgIpc) is 3.18. The number of imidazole rings is 1. The van der Waals surface area contributed by atoms with Crippen molar-refractivity contribution >= 4 is 34.0 Å². The Kier molecular flexibility index (Phi) is 4.33. The van der Waals surface area contributed by atoms with E-state index in [4.69, 9.17) is 0 Å². The summed E-state index contributed by atoms with van der Waals surface area (Å²) >= 11 is 1.31. The topological polar surface area (TPSA) is 90.6 Å². The zero-order valence-corrected chi connectivity index (χ0v) is 15.1. The Morgan fingerprint density at radius 1 is 1.15 bits per heavy atom.